The highest BCUT2D eigenvalue weighted by Crippen LogP contribution is 2.21. The van der Waals surface area contributed by atoms with Gasteiger partial charge in [-0.05, 0) is 11.1 Å². The average Bonchev–Trinajstić information content (AvgIpc) is 2.18. The maximum absolute atomic E-state index is 10.4. The number of benzene rings is 1. The zero-order chi connectivity index (χ0) is 10.6. The number of azide groups is 1. The molecule has 1 rings (SSSR count). The summed E-state index contributed by atoms with van der Waals surface area (Å²) in [6, 6.07) is 5.66. The van der Waals surface area contributed by atoms with Crippen LogP contribution in [0.25, 0.3) is 10.4 Å². The molecule has 1 aromatic carbocycles. The Bertz CT molecular complexity index is 398. The summed E-state index contributed by atoms with van der Waals surface area (Å²) in [7, 11) is 0. The van der Waals surface area contributed by atoms with Crippen LogP contribution in [0.4, 0.5) is 5.69 Å². The summed E-state index contributed by atoms with van der Waals surface area (Å²) in [5.74, 6) is 0. The molecule has 1 atom stereocenters. The number of non-ortho nitro benzene ring substituents is 1. The van der Waals surface area contributed by atoms with Gasteiger partial charge in [-0.15, -0.1) is 0 Å². The first-order valence-electron chi connectivity index (χ1n) is 3.93. The van der Waals surface area contributed by atoms with Gasteiger partial charge in [0.25, 0.3) is 5.69 Å². The Morgan fingerprint density at radius 1 is 1.64 bits per heavy atom. The van der Waals surface area contributed by atoms with Gasteiger partial charge in [-0.25, -0.2) is 0 Å². The Morgan fingerprint density at radius 2 is 2.36 bits per heavy atom. The second-order valence-electron chi connectivity index (χ2n) is 2.73. The lowest BCUT2D eigenvalue weighted by Crippen LogP contribution is -1.92. The molecule has 6 nitrogen and oxygen atoms in total. The molecule has 0 aliphatic heterocycles. The van der Waals surface area contributed by atoms with E-state index in [0.29, 0.717) is 5.56 Å². The Kier molecular flexibility index (Phi) is 3.04. The van der Waals surface area contributed by atoms with Crippen molar-refractivity contribution in [3.8, 4) is 0 Å². The van der Waals surface area contributed by atoms with Crippen molar-refractivity contribution in [2.45, 2.75) is 13.0 Å². The molecule has 0 unspecified atom stereocenters. The zero-order valence-corrected chi connectivity index (χ0v) is 7.49. The lowest BCUT2D eigenvalue weighted by atomic mass is 10.1. The van der Waals surface area contributed by atoms with Crippen LogP contribution in [0.15, 0.2) is 29.4 Å². The molecule has 0 aromatic heterocycles. The molecule has 6 heteroatoms. The SMILES string of the molecule is C[C@@H](N=[N+]=[N-])c1cccc([N+](=O)[O-])c1. The minimum absolute atomic E-state index is 0.00231. The van der Waals surface area contributed by atoms with Crippen LogP contribution >= 0.6 is 0 Å². The van der Waals surface area contributed by atoms with Crippen LogP contribution in [0.3, 0.4) is 0 Å². The van der Waals surface area contributed by atoms with Crippen LogP contribution in [0, 0.1) is 10.1 Å². The van der Waals surface area contributed by atoms with Crippen LogP contribution in [0.2, 0.25) is 0 Å². The number of nitrogens with zero attached hydrogens (tertiary/aromatic N) is 4. The van der Waals surface area contributed by atoms with E-state index in [-0.39, 0.29) is 11.7 Å². The van der Waals surface area contributed by atoms with Gasteiger partial charge in [0.05, 0.1) is 11.0 Å². The standard InChI is InChI=1S/C8H8N4O2/c1-6(10-11-9)7-3-2-4-8(5-7)12(13)14/h2-6H,1H3/t6-/m1/s1. The van der Waals surface area contributed by atoms with Crippen LogP contribution in [0.1, 0.15) is 18.5 Å². The van der Waals surface area contributed by atoms with Crippen LogP contribution in [-0.4, -0.2) is 4.92 Å². The molecule has 0 bridgehead atoms. The van der Waals surface area contributed by atoms with Crippen LogP contribution in [0.5, 0.6) is 0 Å². The third-order valence-corrected chi connectivity index (χ3v) is 1.79. The molecular weight excluding hydrogens is 184 g/mol. The van der Waals surface area contributed by atoms with Crippen molar-refractivity contribution in [1.82, 2.24) is 0 Å². The molecule has 0 saturated carbocycles. The van der Waals surface area contributed by atoms with E-state index in [0.717, 1.165) is 0 Å². The summed E-state index contributed by atoms with van der Waals surface area (Å²) < 4.78 is 0. The second kappa shape index (κ2) is 4.25. The van der Waals surface area contributed by atoms with Gasteiger partial charge < -0.3 is 0 Å². The fourth-order valence-electron chi connectivity index (χ4n) is 1.04. The lowest BCUT2D eigenvalue weighted by Gasteiger charge is -2.03. The Labute approximate surface area is 79.9 Å². The van der Waals surface area contributed by atoms with Gasteiger partial charge in [0.15, 0.2) is 0 Å². The Morgan fingerprint density at radius 3 is 2.93 bits per heavy atom. The van der Waals surface area contributed by atoms with E-state index in [9.17, 15) is 10.1 Å². The molecule has 0 radical (unpaired) electrons. The van der Waals surface area contributed by atoms with Gasteiger partial charge in [0.1, 0.15) is 0 Å². The van der Waals surface area contributed by atoms with E-state index in [1.54, 1.807) is 19.1 Å². The average molecular weight is 192 g/mol. The summed E-state index contributed by atoms with van der Waals surface area (Å²) in [6.07, 6.45) is 0. The van der Waals surface area contributed by atoms with Crippen molar-refractivity contribution in [3.05, 3.63) is 50.4 Å². The predicted molar refractivity (Wildman–Crippen MR) is 50.7 cm³/mol. The van der Waals surface area contributed by atoms with Crippen molar-refractivity contribution in [3.63, 3.8) is 0 Å². The number of hydrogen-bond acceptors (Lipinski definition) is 3. The van der Waals surface area contributed by atoms with Gasteiger partial charge in [0.2, 0.25) is 0 Å². The maximum Gasteiger partial charge on any atom is 0.269 e. The molecule has 0 spiro atoms. The highest BCUT2D eigenvalue weighted by atomic mass is 16.6. The highest BCUT2D eigenvalue weighted by molar-refractivity contribution is 5.35. The number of rotatable bonds is 3. The third-order valence-electron chi connectivity index (χ3n) is 1.79. The van der Waals surface area contributed by atoms with E-state index in [4.69, 9.17) is 5.53 Å². The topological polar surface area (TPSA) is 91.9 Å². The molecule has 0 aliphatic carbocycles. The summed E-state index contributed by atoms with van der Waals surface area (Å²) in [5.41, 5.74) is 8.84. The molecule has 14 heavy (non-hydrogen) atoms. The smallest absolute Gasteiger partial charge is 0.258 e. The number of nitro benzene ring substituents is 1. The summed E-state index contributed by atoms with van der Waals surface area (Å²) in [4.78, 5) is 12.6. The number of hydrogen-bond donors (Lipinski definition) is 0. The molecule has 1 aromatic rings. The predicted octanol–water partition coefficient (Wildman–Crippen LogP) is 2.97. The fraction of sp³-hybridized carbons (Fsp3) is 0.250. The van der Waals surface area contributed by atoms with Crippen molar-refractivity contribution in [2.24, 2.45) is 5.11 Å². The fourth-order valence-corrected chi connectivity index (χ4v) is 1.04. The largest absolute Gasteiger partial charge is 0.269 e. The molecule has 0 amide bonds. The highest BCUT2D eigenvalue weighted by Gasteiger charge is 2.08. The van der Waals surface area contributed by atoms with Gasteiger partial charge in [-0.3, -0.25) is 10.1 Å². The minimum atomic E-state index is -0.480. The first-order valence-corrected chi connectivity index (χ1v) is 3.93. The molecule has 72 valence electrons. The van der Waals surface area contributed by atoms with E-state index in [2.05, 4.69) is 10.0 Å². The van der Waals surface area contributed by atoms with E-state index >= 15 is 0 Å². The van der Waals surface area contributed by atoms with Crippen molar-refractivity contribution < 1.29 is 4.92 Å². The van der Waals surface area contributed by atoms with Crippen LogP contribution < -0.4 is 0 Å². The van der Waals surface area contributed by atoms with Crippen LogP contribution in [-0.2, 0) is 0 Å². The summed E-state index contributed by atoms with van der Waals surface area (Å²) in [6.45, 7) is 1.68. The zero-order valence-electron chi connectivity index (χ0n) is 7.49. The van der Waals surface area contributed by atoms with Crippen molar-refractivity contribution in [2.75, 3.05) is 0 Å². The molecule has 0 heterocycles. The van der Waals surface area contributed by atoms with Gasteiger partial charge in [-0.2, -0.15) is 0 Å². The van der Waals surface area contributed by atoms with Gasteiger partial charge in [-0.1, -0.05) is 24.2 Å². The van der Waals surface area contributed by atoms with Gasteiger partial charge in [0, 0.05) is 17.0 Å². The normalized spacial score (nSPS) is 11.5. The van der Waals surface area contributed by atoms with E-state index < -0.39 is 4.92 Å². The third kappa shape index (κ3) is 2.21. The number of nitro groups is 1. The Hall–Kier alpha value is -2.07. The first-order chi connectivity index (χ1) is 6.65. The molecule has 0 N–H and O–H groups in total. The van der Waals surface area contributed by atoms with Gasteiger partial charge >= 0.3 is 0 Å². The molecular formula is C8H8N4O2. The second-order valence-corrected chi connectivity index (χ2v) is 2.73. The minimum Gasteiger partial charge on any atom is -0.258 e. The first kappa shape index (κ1) is 10.0. The molecule has 0 saturated heterocycles. The monoisotopic (exact) mass is 192 g/mol. The maximum atomic E-state index is 10.4. The summed E-state index contributed by atoms with van der Waals surface area (Å²) >= 11 is 0. The van der Waals surface area contributed by atoms with Crippen molar-refractivity contribution in [1.29, 1.82) is 0 Å². The van der Waals surface area contributed by atoms with E-state index in [1.165, 1.54) is 12.1 Å². The molecule has 0 aliphatic rings. The van der Waals surface area contributed by atoms with Crippen molar-refractivity contribution >= 4 is 5.69 Å². The quantitative estimate of drug-likeness (QED) is 0.242. The molecule has 0 fully saturated rings. The Balaban J connectivity index is 3.04. The van der Waals surface area contributed by atoms with E-state index in [1.807, 2.05) is 0 Å². The summed E-state index contributed by atoms with van der Waals surface area (Å²) in [5, 5.41) is 13.9. The lowest BCUT2D eigenvalue weighted by molar-refractivity contribution is -0.384.